The Morgan fingerprint density at radius 2 is 1.11 bits per heavy atom. The first-order valence-corrected chi connectivity index (χ1v) is 29.0. The molecule has 30 nitrogen and oxygen atoms in total. The molecule has 484 valence electrons. The van der Waals surface area contributed by atoms with E-state index in [4.69, 9.17) is 61.9 Å². The van der Waals surface area contributed by atoms with Gasteiger partial charge in [0.2, 0.25) is 0 Å². The molecule has 0 aromatic heterocycles. The molecule has 0 radical (unpaired) electrons. The van der Waals surface area contributed by atoms with E-state index in [0.29, 0.717) is 25.7 Å². The predicted molar refractivity (Wildman–Crippen MR) is 277 cm³/mol. The fourth-order valence-corrected chi connectivity index (χ4v) is 12.9. The van der Waals surface area contributed by atoms with Crippen molar-refractivity contribution in [2.24, 2.45) is 23.7 Å². The highest BCUT2D eigenvalue weighted by molar-refractivity contribution is 5.90. The summed E-state index contributed by atoms with van der Waals surface area (Å²) in [6.07, 6.45) is -31.5. The molecule has 0 bridgehead atoms. The second kappa shape index (κ2) is 30.3. The van der Waals surface area contributed by atoms with Crippen molar-refractivity contribution in [1.82, 2.24) is 0 Å². The van der Waals surface area contributed by atoms with E-state index in [9.17, 15) is 85.6 Å². The summed E-state index contributed by atoms with van der Waals surface area (Å²) in [4.78, 5) is 49.9. The van der Waals surface area contributed by atoms with E-state index < -0.39 is 221 Å². The number of hydrogen-bond donors (Lipinski definition) is 14. The van der Waals surface area contributed by atoms with Crippen LogP contribution in [-0.4, -0.2) is 289 Å². The summed E-state index contributed by atoms with van der Waals surface area (Å²) in [5.74, 6) is -6.67. The number of carboxylic acid groups (broad SMARTS) is 1. The van der Waals surface area contributed by atoms with Crippen LogP contribution in [0, 0.1) is 23.7 Å². The molecule has 4 heterocycles. The van der Waals surface area contributed by atoms with Crippen LogP contribution in [0.2, 0.25) is 0 Å². The first-order chi connectivity index (χ1) is 40.4. The van der Waals surface area contributed by atoms with Crippen molar-refractivity contribution in [1.29, 1.82) is 0 Å². The average Bonchev–Trinajstić information content (AvgIpc) is 2.27. The summed E-state index contributed by atoms with van der Waals surface area (Å²) in [6, 6.07) is 0. The highest BCUT2D eigenvalue weighted by Crippen LogP contribution is 2.46. The van der Waals surface area contributed by atoms with Crippen molar-refractivity contribution in [3.05, 3.63) is 24.3 Å². The van der Waals surface area contributed by atoms with Gasteiger partial charge in [0.05, 0.1) is 73.8 Å². The van der Waals surface area contributed by atoms with Crippen LogP contribution in [0.3, 0.4) is 0 Å². The highest BCUT2D eigenvalue weighted by Gasteiger charge is 2.56. The predicted octanol–water partition coefficient (Wildman–Crippen LogP) is -5.17. The number of carboxylic acids is 1. The third-order valence-electron chi connectivity index (χ3n) is 17.7. The van der Waals surface area contributed by atoms with Gasteiger partial charge in [0.25, 0.3) is 0 Å². The lowest BCUT2D eigenvalue weighted by molar-refractivity contribution is -0.373. The molecule has 4 saturated heterocycles. The zero-order chi connectivity index (χ0) is 61.6. The lowest BCUT2D eigenvalue weighted by Gasteiger charge is -2.53. The van der Waals surface area contributed by atoms with E-state index in [0.717, 1.165) is 12.2 Å². The number of aliphatic carboxylic acids is 1. The van der Waals surface area contributed by atoms with Crippen molar-refractivity contribution in [2.75, 3.05) is 34.0 Å². The van der Waals surface area contributed by atoms with E-state index >= 15 is 0 Å². The quantitative estimate of drug-likeness (QED) is 0.0235. The Kier molecular flexibility index (Phi) is 24.1. The second-order valence-corrected chi connectivity index (χ2v) is 23.6. The molecular weight excluding hydrogens is 1140 g/mol. The number of methoxy groups -OCH3 is 2. The van der Waals surface area contributed by atoms with Gasteiger partial charge in [-0.05, 0) is 82.0 Å². The molecule has 0 amide bonds. The molecule has 8 fully saturated rings. The van der Waals surface area contributed by atoms with Crippen LogP contribution in [0.15, 0.2) is 24.3 Å². The topological polar surface area (TPSA) is 462 Å². The Labute approximate surface area is 488 Å². The average molecular weight is 1230 g/mol. The van der Waals surface area contributed by atoms with E-state index in [2.05, 4.69) is 0 Å². The molecule has 0 aromatic rings. The molecule has 28 atom stereocenters. The summed E-state index contributed by atoms with van der Waals surface area (Å²) in [7, 11) is 2.84. The molecule has 8 aliphatic rings. The number of allylic oxidation sites excluding steroid dienone is 2. The fourth-order valence-electron chi connectivity index (χ4n) is 12.9. The van der Waals surface area contributed by atoms with Crippen LogP contribution in [-0.2, 0) is 76.0 Å². The van der Waals surface area contributed by atoms with E-state index in [1.54, 1.807) is 0 Å². The summed E-state index contributed by atoms with van der Waals surface area (Å²) >= 11 is 0. The SMILES string of the molecule is COC1CC(C=CC(=O)OC2C(OC3C(OC4CC5C(OC6OC(COC(=O)CC(=O)O)C(O)C(O)C6O)CC(O)CC5OC4C4CCC(O)C(O)C4)OC(COC(=O)C=CC4CCC(O)C(O)C4)C(O)C3O)OCC(O)C2O)CC(OC)C1O. The van der Waals surface area contributed by atoms with Crippen molar-refractivity contribution < 1.29 is 148 Å². The highest BCUT2D eigenvalue weighted by atomic mass is 16.8. The Hall–Kier alpha value is -3.52. The Bertz CT molecular complexity index is 2230. The first-order valence-electron chi connectivity index (χ1n) is 29.0. The lowest BCUT2D eigenvalue weighted by atomic mass is 9.72. The molecule has 0 aromatic carbocycles. The minimum Gasteiger partial charge on any atom is -0.481 e. The van der Waals surface area contributed by atoms with Gasteiger partial charge in [0, 0.05) is 38.7 Å². The molecular formula is C55H84O30. The Morgan fingerprint density at radius 1 is 0.494 bits per heavy atom. The summed E-state index contributed by atoms with van der Waals surface area (Å²) in [6.45, 7) is -2.08. The molecule has 85 heavy (non-hydrogen) atoms. The van der Waals surface area contributed by atoms with Crippen molar-refractivity contribution in [2.45, 2.75) is 236 Å². The maximum Gasteiger partial charge on any atom is 0.330 e. The van der Waals surface area contributed by atoms with Crippen molar-refractivity contribution in [3.63, 3.8) is 0 Å². The van der Waals surface area contributed by atoms with Gasteiger partial charge in [-0.2, -0.15) is 0 Å². The maximum atomic E-state index is 13.6. The minimum absolute atomic E-state index is 0.0125. The van der Waals surface area contributed by atoms with Gasteiger partial charge in [0.1, 0.15) is 86.8 Å². The number of fused-ring (bicyclic) bond motifs is 1. The van der Waals surface area contributed by atoms with Crippen LogP contribution >= 0.6 is 0 Å². The number of carbonyl (C=O) groups is 4. The number of esters is 3. The monoisotopic (exact) mass is 1220 g/mol. The van der Waals surface area contributed by atoms with Gasteiger partial charge in [-0.1, -0.05) is 12.2 Å². The largest absolute Gasteiger partial charge is 0.481 e. The molecule has 30 heteroatoms. The van der Waals surface area contributed by atoms with Crippen LogP contribution in [0.4, 0.5) is 0 Å². The van der Waals surface area contributed by atoms with Crippen LogP contribution in [0.1, 0.15) is 77.0 Å². The number of aliphatic hydroxyl groups is 13. The summed E-state index contributed by atoms with van der Waals surface area (Å²) < 4.78 is 71.2. The standard InChI is InChI=1S/C55H84O30/c1-74-34-12-23(13-35(75-2)44(34)68)5-10-41(65)84-51-43(67)31(61)19-78-54(51)85-52-48(72)46(70)38(20-76-40(64)9-4-22-3-7-27(57)29(59)11-22)83-55(52)81-36-17-26-32(79-50(36)24-6-8-28(58)30(60)14-24)15-25(56)16-33(26)80-53-49(73)47(71)45(69)37(82-53)21-77-42(66)18-39(62)63/h4-5,9-10,22-38,43-61,67-73H,3,6-8,11-21H2,1-2H3,(H,62,63). The van der Waals surface area contributed by atoms with Gasteiger partial charge in [-0.3, -0.25) is 9.59 Å². The van der Waals surface area contributed by atoms with Crippen molar-refractivity contribution >= 4 is 23.9 Å². The van der Waals surface area contributed by atoms with Crippen molar-refractivity contribution in [3.8, 4) is 0 Å². The van der Waals surface area contributed by atoms with Gasteiger partial charge >= 0.3 is 23.9 Å². The molecule has 4 aliphatic heterocycles. The number of hydrogen-bond acceptors (Lipinski definition) is 29. The first kappa shape index (κ1) is 67.4. The molecule has 4 aliphatic carbocycles. The Balaban J connectivity index is 1.06. The van der Waals surface area contributed by atoms with Crippen LogP contribution in [0.25, 0.3) is 0 Å². The summed E-state index contributed by atoms with van der Waals surface area (Å²) in [5, 5.41) is 151. The fraction of sp³-hybridized carbons (Fsp3) is 0.855. The second-order valence-electron chi connectivity index (χ2n) is 23.6. The molecule has 8 rings (SSSR count). The van der Waals surface area contributed by atoms with Crippen LogP contribution in [0.5, 0.6) is 0 Å². The third-order valence-corrected chi connectivity index (χ3v) is 17.7. The van der Waals surface area contributed by atoms with Gasteiger partial charge in [0.15, 0.2) is 25.0 Å². The van der Waals surface area contributed by atoms with Crippen LogP contribution < -0.4 is 0 Å². The minimum atomic E-state index is -2.05. The van der Waals surface area contributed by atoms with E-state index in [-0.39, 0.29) is 56.8 Å². The zero-order valence-corrected chi connectivity index (χ0v) is 47.0. The van der Waals surface area contributed by atoms with Gasteiger partial charge < -0.3 is 128 Å². The smallest absolute Gasteiger partial charge is 0.330 e. The molecule has 4 saturated carbocycles. The number of rotatable bonds is 20. The third kappa shape index (κ3) is 16.9. The van der Waals surface area contributed by atoms with Gasteiger partial charge in [-0.15, -0.1) is 0 Å². The molecule has 14 N–H and O–H groups in total. The normalized spacial score (nSPS) is 46.3. The van der Waals surface area contributed by atoms with E-state index in [1.165, 1.54) is 26.4 Å². The number of ether oxygens (including phenoxy) is 12. The lowest BCUT2D eigenvalue weighted by Crippen LogP contribution is -2.65. The molecule has 28 unspecified atom stereocenters. The van der Waals surface area contributed by atoms with Gasteiger partial charge in [-0.25, -0.2) is 9.59 Å². The summed E-state index contributed by atoms with van der Waals surface area (Å²) in [5.41, 5.74) is 0. The number of aliphatic hydroxyl groups excluding tert-OH is 13. The number of carbonyl (C=O) groups excluding carboxylic acids is 3. The zero-order valence-electron chi connectivity index (χ0n) is 47.0. The molecule has 0 spiro atoms. The Morgan fingerprint density at radius 3 is 1.76 bits per heavy atom. The maximum absolute atomic E-state index is 13.6. The van der Waals surface area contributed by atoms with E-state index in [1.807, 2.05) is 0 Å².